The number of piperidine rings is 1. The lowest BCUT2D eigenvalue weighted by atomic mass is 10.1. The first-order valence-corrected chi connectivity index (χ1v) is 7.56. The second-order valence-corrected chi connectivity index (χ2v) is 5.80. The van der Waals surface area contributed by atoms with Crippen molar-refractivity contribution < 1.29 is 9.59 Å². The Kier molecular flexibility index (Phi) is 3.82. The van der Waals surface area contributed by atoms with Crippen LogP contribution in [-0.2, 0) is 11.2 Å². The van der Waals surface area contributed by atoms with E-state index in [1.54, 1.807) is 0 Å². The highest BCUT2D eigenvalue weighted by atomic mass is 16.2. The molecule has 1 N–H and O–H groups in total. The average Bonchev–Trinajstić information content (AvgIpc) is 2.90. The van der Waals surface area contributed by atoms with Gasteiger partial charge in [-0.3, -0.25) is 9.69 Å². The number of hydrogen-bond donors (Lipinski definition) is 1. The van der Waals surface area contributed by atoms with Gasteiger partial charge in [-0.2, -0.15) is 0 Å². The molecule has 0 radical (unpaired) electrons. The minimum Gasteiger partial charge on any atom is -0.352 e. The van der Waals surface area contributed by atoms with E-state index < -0.39 is 0 Å². The van der Waals surface area contributed by atoms with Gasteiger partial charge in [-0.25, -0.2) is 4.79 Å². The predicted octanol–water partition coefficient (Wildman–Crippen LogP) is 1.77. The fourth-order valence-electron chi connectivity index (χ4n) is 3.26. The largest absolute Gasteiger partial charge is 0.352 e. The number of anilines is 1. The number of para-hydroxylation sites is 1. The van der Waals surface area contributed by atoms with Crippen LogP contribution < -0.4 is 10.2 Å². The molecule has 2 aliphatic rings. The molecule has 1 unspecified atom stereocenters. The second kappa shape index (κ2) is 5.76. The Hall–Kier alpha value is -2.04. The standard InChI is InChI=1S/C16H21N3O2/c1-12(20)17-14-6-4-9-18(11-14)16(21)19-10-8-13-5-2-3-7-15(13)19/h2-3,5,7,14H,4,6,8-11H2,1H3,(H,17,20). The summed E-state index contributed by atoms with van der Waals surface area (Å²) in [5.74, 6) is -0.0270. The lowest BCUT2D eigenvalue weighted by Crippen LogP contribution is -2.52. The van der Waals surface area contributed by atoms with Crippen molar-refractivity contribution in [1.82, 2.24) is 10.2 Å². The minimum absolute atomic E-state index is 0.0270. The highest BCUT2D eigenvalue weighted by Gasteiger charge is 2.31. The first-order chi connectivity index (χ1) is 10.1. The fourth-order valence-corrected chi connectivity index (χ4v) is 3.26. The van der Waals surface area contributed by atoms with Crippen LogP contribution in [0.4, 0.5) is 10.5 Å². The summed E-state index contributed by atoms with van der Waals surface area (Å²) in [4.78, 5) is 27.7. The number of nitrogens with zero attached hydrogens (tertiary/aromatic N) is 2. The van der Waals surface area contributed by atoms with E-state index in [-0.39, 0.29) is 18.0 Å². The third kappa shape index (κ3) is 2.86. The second-order valence-electron chi connectivity index (χ2n) is 5.80. The van der Waals surface area contributed by atoms with Crippen molar-refractivity contribution in [3.63, 3.8) is 0 Å². The first-order valence-electron chi connectivity index (χ1n) is 7.56. The lowest BCUT2D eigenvalue weighted by Gasteiger charge is -2.35. The van der Waals surface area contributed by atoms with Crippen LogP contribution in [0.3, 0.4) is 0 Å². The van der Waals surface area contributed by atoms with Crippen molar-refractivity contribution in [1.29, 1.82) is 0 Å². The third-order valence-corrected chi connectivity index (χ3v) is 4.22. The van der Waals surface area contributed by atoms with Gasteiger partial charge >= 0.3 is 6.03 Å². The molecule has 0 bridgehead atoms. The summed E-state index contributed by atoms with van der Waals surface area (Å²) < 4.78 is 0. The van der Waals surface area contributed by atoms with Crippen LogP contribution >= 0.6 is 0 Å². The summed E-state index contributed by atoms with van der Waals surface area (Å²) in [6, 6.07) is 8.23. The summed E-state index contributed by atoms with van der Waals surface area (Å²) in [6.45, 7) is 3.65. The van der Waals surface area contributed by atoms with E-state index in [1.165, 1.54) is 12.5 Å². The van der Waals surface area contributed by atoms with Gasteiger partial charge in [0, 0.05) is 38.3 Å². The first kappa shape index (κ1) is 13.9. The molecule has 0 saturated carbocycles. The monoisotopic (exact) mass is 287 g/mol. The van der Waals surface area contributed by atoms with E-state index in [4.69, 9.17) is 0 Å². The van der Waals surface area contributed by atoms with E-state index in [0.717, 1.165) is 38.0 Å². The molecule has 5 nitrogen and oxygen atoms in total. The number of rotatable bonds is 1. The number of carbonyl (C=O) groups excluding carboxylic acids is 2. The van der Waals surface area contributed by atoms with Crippen molar-refractivity contribution in [2.45, 2.75) is 32.2 Å². The molecule has 5 heteroatoms. The van der Waals surface area contributed by atoms with Gasteiger partial charge < -0.3 is 10.2 Å². The molecule has 0 spiro atoms. The highest BCUT2D eigenvalue weighted by molar-refractivity contribution is 5.94. The highest BCUT2D eigenvalue weighted by Crippen LogP contribution is 2.29. The van der Waals surface area contributed by atoms with Crippen molar-refractivity contribution >= 4 is 17.6 Å². The number of likely N-dealkylation sites (tertiary alicyclic amines) is 1. The zero-order valence-corrected chi connectivity index (χ0v) is 12.3. The molecule has 1 saturated heterocycles. The van der Waals surface area contributed by atoms with E-state index >= 15 is 0 Å². The zero-order valence-electron chi connectivity index (χ0n) is 12.3. The molecule has 112 valence electrons. The van der Waals surface area contributed by atoms with Gasteiger partial charge in [0.1, 0.15) is 0 Å². The van der Waals surface area contributed by atoms with Gasteiger partial charge in [0.25, 0.3) is 0 Å². The Bertz CT molecular complexity index is 558. The normalized spacial score (nSPS) is 21.1. The molecule has 1 atom stereocenters. The molecule has 1 aromatic carbocycles. The van der Waals surface area contributed by atoms with Crippen LogP contribution in [0.5, 0.6) is 0 Å². The number of fused-ring (bicyclic) bond motifs is 1. The van der Waals surface area contributed by atoms with Crippen LogP contribution in [0, 0.1) is 0 Å². The lowest BCUT2D eigenvalue weighted by molar-refractivity contribution is -0.119. The summed E-state index contributed by atoms with van der Waals surface area (Å²) >= 11 is 0. The van der Waals surface area contributed by atoms with Crippen molar-refractivity contribution in [2.75, 3.05) is 24.5 Å². The van der Waals surface area contributed by atoms with Gasteiger partial charge in [-0.1, -0.05) is 18.2 Å². The van der Waals surface area contributed by atoms with Crippen LogP contribution in [0.15, 0.2) is 24.3 Å². The fraction of sp³-hybridized carbons (Fsp3) is 0.500. The van der Waals surface area contributed by atoms with Crippen molar-refractivity contribution in [3.05, 3.63) is 29.8 Å². The van der Waals surface area contributed by atoms with Gasteiger partial charge in [-0.15, -0.1) is 0 Å². The molecule has 21 heavy (non-hydrogen) atoms. The minimum atomic E-state index is -0.0270. The summed E-state index contributed by atoms with van der Waals surface area (Å²) in [7, 11) is 0. The van der Waals surface area contributed by atoms with Crippen LogP contribution in [0.2, 0.25) is 0 Å². The van der Waals surface area contributed by atoms with Gasteiger partial charge in [0.15, 0.2) is 0 Å². The number of hydrogen-bond acceptors (Lipinski definition) is 2. The molecule has 1 aromatic rings. The smallest absolute Gasteiger partial charge is 0.324 e. The van der Waals surface area contributed by atoms with Gasteiger partial charge in [0.2, 0.25) is 5.91 Å². The molecule has 3 amide bonds. The Morgan fingerprint density at radius 1 is 1.24 bits per heavy atom. The predicted molar refractivity (Wildman–Crippen MR) is 81.3 cm³/mol. The average molecular weight is 287 g/mol. The SMILES string of the molecule is CC(=O)NC1CCCN(C(=O)N2CCc3ccccc32)C1. The topological polar surface area (TPSA) is 52.7 Å². The van der Waals surface area contributed by atoms with E-state index in [2.05, 4.69) is 11.4 Å². The number of amides is 3. The third-order valence-electron chi connectivity index (χ3n) is 4.22. The van der Waals surface area contributed by atoms with E-state index in [0.29, 0.717) is 6.54 Å². The summed E-state index contributed by atoms with van der Waals surface area (Å²) in [6.07, 6.45) is 2.80. The maximum Gasteiger partial charge on any atom is 0.324 e. The zero-order chi connectivity index (χ0) is 14.8. The van der Waals surface area contributed by atoms with Gasteiger partial charge in [-0.05, 0) is 30.9 Å². The Morgan fingerprint density at radius 2 is 2.05 bits per heavy atom. The molecule has 2 aliphatic heterocycles. The summed E-state index contributed by atoms with van der Waals surface area (Å²) in [5, 5.41) is 2.92. The number of benzene rings is 1. The Labute approximate surface area is 124 Å². The summed E-state index contributed by atoms with van der Waals surface area (Å²) in [5.41, 5.74) is 2.27. The molecule has 2 heterocycles. The molecule has 3 rings (SSSR count). The number of nitrogens with one attached hydrogen (secondary N) is 1. The maximum absolute atomic E-state index is 12.7. The molecule has 0 aliphatic carbocycles. The van der Waals surface area contributed by atoms with Crippen LogP contribution in [0.1, 0.15) is 25.3 Å². The molecular formula is C16H21N3O2. The Morgan fingerprint density at radius 3 is 2.86 bits per heavy atom. The van der Waals surface area contributed by atoms with Gasteiger partial charge in [0.05, 0.1) is 0 Å². The maximum atomic E-state index is 12.7. The molecule has 1 fully saturated rings. The number of urea groups is 1. The quantitative estimate of drug-likeness (QED) is 0.856. The van der Waals surface area contributed by atoms with Crippen molar-refractivity contribution in [2.24, 2.45) is 0 Å². The Balaban J connectivity index is 1.70. The van der Waals surface area contributed by atoms with E-state index in [1.807, 2.05) is 28.0 Å². The number of carbonyl (C=O) groups is 2. The van der Waals surface area contributed by atoms with Crippen LogP contribution in [-0.4, -0.2) is 42.5 Å². The molecular weight excluding hydrogens is 266 g/mol. The van der Waals surface area contributed by atoms with Crippen LogP contribution in [0.25, 0.3) is 0 Å². The molecule has 0 aromatic heterocycles. The van der Waals surface area contributed by atoms with E-state index in [9.17, 15) is 9.59 Å². The van der Waals surface area contributed by atoms with Crippen molar-refractivity contribution in [3.8, 4) is 0 Å².